The maximum Gasteiger partial charge on any atom is 0.0649 e. The zero-order chi connectivity index (χ0) is 12.6. The van der Waals surface area contributed by atoms with E-state index in [-0.39, 0.29) is 5.54 Å². The van der Waals surface area contributed by atoms with Crippen LogP contribution in [0.3, 0.4) is 0 Å². The lowest BCUT2D eigenvalue weighted by Gasteiger charge is -2.18. The van der Waals surface area contributed by atoms with Gasteiger partial charge in [-0.2, -0.15) is 5.10 Å². The van der Waals surface area contributed by atoms with Gasteiger partial charge in [0.15, 0.2) is 0 Å². The van der Waals surface area contributed by atoms with Crippen molar-refractivity contribution in [2.75, 3.05) is 0 Å². The Labute approximate surface area is 110 Å². The van der Waals surface area contributed by atoms with Crippen molar-refractivity contribution < 1.29 is 0 Å². The number of halogens is 1. The molecular weight excluding hydrogens is 278 g/mol. The first-order chi connectivity index (χ1) is 7.89. The summed E-state index contributed by atoms with van der Waals surface area (Å²) >= 11 is 3.42. The van der Waals surface area contributed by atoms with E-state index in [2.05, 4.69) is 21.0 Å². The quantitative estimate of drug-likeness (QED) is 0.924. The Balaban J connectivity index is 2.48. The van der Waals surface area contributed by atoms with Crippen molar-refractivity contribution in [2.45, 2.75) is 26.3 Å². The van der Waals surface area contributed by atoms with E-state index in [0.29, 0.717) is 0 Å². The Morgan fingerprint density at radius 1 is 1.24 bits per heavy atom. The number of nitrogens with two attached hydrogens (primary N) is 1. The zero-order valence-corrected chi connectivity index (χ0v) is 11.8. The fraction of sp³-hybridized carbons (Fsp3) is 0.308. The third-order valence-electron chi connectivity index (χ3n) is 2.78. The monoisotopic (exact) mass is 293 g/mol. The average molecular weight is 294 g/mol. The van der Waals surface area contributed by atoms with Gasteiger partial charge in [0.2, 0.25) is 0 Å². The van der Waals surface area contributed by atoms with E-state index in [1.54, 1.807) is 0 Å². The van der Waals surface area contributed by atoms with E-state index >= 15 is 0 Å². The van der Waals surface area contributed by atoms with Crippen LogP contribution in [0.2, 0.25) is 0 Å². The Kier molecular flexibility index (Phi) is 3.10. The third-order valence-corrected chi connectivity index (χ3v) is 3.30. The largest absolute Gasteiger partial charge is 0.322 e. The SMILES string of the molecule is Cc1c(C(C)(C)N)cnn1-c1ccc(Br)cc1. The van der Waals surface area contributed by atoms with Gasteiger partial charge in [0.05, 0.1) is 11.9 Å². The first-order valence-electron chi connectivity index (χ1n) is 5.49. The molecule has 2 N–H and O–H groups in total. The van der Waals surface area contributed by atoms with Crippen LogP contribution < -0.4 is 5.73 Å². The van der Waals surface area contributed by atoms with Crippen LogP contribution in [0.5, 0.6) is 0 Å². The molecule has 0 spiro atoms. The molecule has 0 unspecified atom stereocenters. The lowest BCUT2D eigenvalue weighted by atomic mass is 9.97. The minimum atomic E-state index is -0.363. The van der Waals surface area contributed by atoms with E-state index in [1.807, 2.05) is 55.9 Å². The van der Waals surface area contributed by atoms with E-state index < -0.39 is 0 Å². The molecule has 0 bridgehead atoms. The van der Waals surface area contributed by atoms with Gasteiger partial charge in [-0.25, -0.2) is 4.68 Å². The highest BCUT2D eigenvalue weighted by Crippen LogP contribution is 2.23. The van der Waals surface area contributed by atoms with E-state index in [4.69, 9.17) is 5.73 Å². The Morgan fingerprint density at radius 2 is 1.82 bits per heavy atom. The van der Waals surface area contributed by atoms with Crippen molar-refractivity contribution in [1.82, 2.24) is 9.78 Å². The van der Waals surface area contributed by atoms with Gasteiger partial charge in [0.25, 0.3) is 0 Å². The molecule has 1 heterocycles. The summed E-state index contributed by atoms with van der Waals surface area (Å²) < 4.78 is 2.97. The molecule has 90 valence electrons. The smallest absolute Gasteiger partial charge is 0.0649 e. The standard InChI is InChI=1S/C13H16BrN3/c1-9-12(13(2,3)15)8-16-17(9)11-6-4-10(14)5-7-11/h4-8H,15H2,1-3H3. The van der Waals surface area contributed by atoms with Crippen molar-refractivity contribution in [3.8, 4) is 5.69 Å². The lowest BCUT2D eigenvalue weighted by Crippen LogP contribution is -2.29. The topological polar surface area (TPSA) is 43.8 Å². The van der Waals surface area contributed by atoms with E-state index in [0.717, 1.165) is 21.4 Å². The molecule has 1 aromatic carbocycles. The summed E-state index contributed by atoms with van der Waals surface area (Å²) in [4.78, 5) is 0. The van der Waals surface area contributed by atoms with Crippen molar-refractivity contribution in [1.29, 1.82) is 0 Å². The predicted octanol–water partition coefficient (Wildman–Crippen LogP) is 3.14. The van der Waals surface area contributed by atoms with Crippen LogP contribution in [0, 0.1) is 6.92 Å². The molecule has 0 aliphatic carbocycles. The minimum absolute atomic E-state index is 0.363. The number of benzene rings is 1. The van der Waals surface area contributed by atoms with Gasteiger partial charge in [-0.1, -0.05) is 15.9 Å². The molecule has 2 rings (SSSR count). The van der Waals surface area contributed by atoms with Crippen LogP contribution in [0.4, 0.5) is 0 Å². The summed E-state index contributed by atoms with van der Waals surface area (Å²) in [6.45, 7) is 6.02. The first-order valence-corrected chi connectivity index (χ1v) is 6.29. The van der Waals surface area contributed by atoms with Gasteiger partial charge in [0.1, 0.15) is 0 Å². The molecule has 0 radical (unpaired) electrons. The van der Waals surface area contributed by atoms with Gasteiger partial charge >= 0.3 is 0 Å². The number of rotatable bonds is 2. The molecule has 2 aromatic rings. The fourth-order valence-electron chi connectivity index (χ4n) is 1.88. The summed E-state index contributed by atoms with van der Waals surface area (Å²) in [7, 11) is 0. The number of aromatic nitrogens is 2. The van der Waals surface area contributed by atoms with Crippen molar-refractivity contribution in [2.24, 2.45) is 5.73 Å². The van der Waals surface area contributed by atoms with Gasteiger partial charge in [0, 0.05) is 21.3 Å². The highest BCUT2D eigenvalue weighted by molar-refractivity contribution is 9.10. The molecule has 0 saturated heterocycles. The molecule has 0 atom stereocenters. The number of hydrogen-bond acceptors (Lipinski definition) is 2. The lowest BCUT2D eigenvalue weighted by molar-refractivity contribution is 0.550. The molecule has 17 heavy (non-hydrogen) atoms. The van der Waals surface area contributed by atoms with Crippen LogP contribution >= 0.6 is 15.9 Å². The predicted molar refractivity (Wildman–Crippen MR) is 73.2 cm³/mol. The molecule has 1 aromatic heterocycles. The van der Waals surface area contributed by atoms with Gasteiger partial charge in [-0.15, -0.1) is 0 Å². The molecule has 0 aliphatic rings. The summed E-state index contributed by atoms with van der Waals surface area (Å²) in [6, 6.07) is 8.06. The van der Waals surface area contributed by atoms with Crippen LogP contribution in [-0.4, -0.2) is 9.78 Å². The van der Waals surface area contributed by atoms with Crippen LogP contribution in [0.15, 0.2) is 34.9 Å². The maximum absolute atomic E-state index is 6.11. The van der Waals surface area contributed by atoms with Gasteiger partial charge in [-0.3, -0.25) is 0 Å². The molecular formula is C13H16BrN3. The number of hydrogen-bond donors (Lipinski definition) is 1. The second-order valence-corrected chi connectivity index (χ2v) is 5.67. The average Bonchev–Trinajstić information content (AvgIpc) is 2.61. The summed E-state index contributed by atoms with van der Waals surface area (Å²) in [6.07, 6.45) is 1.84. The Bertz CT molecular complexity index is 521. The normalized spacial score (nSPS) is 11.8. The Morgan fingerprint density at radius 3 is 2.29 bits per heavy atom. The molecule has 0 aliphatic heterocycles. The molecule has 3 nitrogen and oxygen atoms in total. The molecule has 4 heteroatoms. The van der Waals surface area contributed by atoms with Crippen LogP contribution in [0.1, 0.15) is 25.1 Å². The number of nitrogens with zero attached hydrogens (tertiary/aromatic N) is 2. The second kappa shape index (κ2) is 4.27. The van der Waals surface area contributed by atoms with Gasteiger partial charge < -0.3 is 5.73 Å². The van der Waals surface area contributed by atoms with Crippen molar-refractivity contribution in [3.05, 3.63) is 46.2 Å². The highest BCUT2D eigenvalue weighted by Gasteiger charge is 2.20. The van der Waals surface area contributed by atoms with Gasteiger partial charge in [-0.05, 0) is 45.0 Å². The summed E-state index contributed by atoms with van der Waals surface area (Å²) in [5.74, 6) is 0. The first kappa shape index (κ1) is 12.3. The second-order valence-electron chi connectivity index (χ2n) is 4.75. The van der Waals surface area contributed by atoms with Crippen LogP contribution in [0.25, 0.3) is 5.69 Å². The summed E-state index contributed by atoms with van der Waals surface area (Å²) in [5.41, 5.74) is 8.94. The highest BCUT2D eigenvalue weighted by atomic mass is 79.9. The van der Waals surface area contributed by atoms with Crippen LogP contribution in [-0.2, 0) is 5.54 Å². The van der Waals surface area contributed by atoms with E-state index in [1.165, 1.54) is 0 Å². The van der Waals surface area contributed by atoms with Crippen molar-refractivity contribution >= 4 is 15.9 Å². The Hall–Kier alpha value is -1.13. The minimum Gasteiger partial charge on any atom is -0.322 e. The van der Waals surface area contributed by atoms with Crippen molar-refractivity contribution in [3.63, 3.8) is 0 Å². The zero-order valence-electron chi connectivity index (χ0n) is 10.2. The summed E-state index contributed by atoms with van der Waals surface area (Å²) in [5, 5.41) is 4.40. The fourth-order valence-corrected chi connectivity index (χ4v) is 2.15. The molecule has 0 saturated carbocycles. The van der Waals surface area contributed by atoms with E-state index in [9.17, 15) is 0 Å². The maximum atomic E-state index is 6.11. The molecule has 0 fully saturated rings. The third kappa shape index (κ3) is 2.42. The molecule has 0 amide bonds.